The molecule has 0 aliphatic heterocycles. The molecule has 1 fully saturated rings. The van der Waals surface area contributed by atoms with Crippen molar-refractivity contribution in [1.29, 1.82) is 0 Å². The zero-order valence-corrected chi connectivity index (χ0v) is 12.2. The minimum absolute atomic E-state index is 0.304. The van der Waals surface area contributed by atoms with E-state index in [1.54, 1.807) is 6.07 Å². The van der Waals surface area contributed by atoms with Crippen LogP contribution in [0, 0.1) is 24.1 Å². The highest BCUT2D eigenvalue weighted by atomic mass is 19.1. The maximum atomic E-state index is 13.4. The van der Waals surface area contributed by atoms with Crippen molar-refractivity contribution in [3.05, 3.63) is 23.6 Å². The van der Waals surface area contributed by atoms with Gasteiger partial charge in [0.2, 0.25) is 0 Å². The van der Waals surface area contributed by atoms with Crippen LogP contribution in [-0.4, -0.2) is 24.1 Å². The molecule has 1 aromatic rings. The first-order valence-electron chi connectivity index (χ1n) is 7.16. The van der Waals surface area contributed by atoms with Gasteiger partial charge in [-0.3, -0.25) is 0 Å². The minimum atomic E-state index is -0.304. The summed E-state index contributed by atoms with van der Waals surface area (Å²) in [4.78, 5) is 6.36. The van der Waals surface area contributed by atoms with Crippen LogP contribution in [0.25, 0.3) is 0 Å². The Balaban J connectivity index is 2.19. The summed E-state index contributed by atoms with van der Waals surface area (Å²) in [6, 6.07) is 1.89. The van der Waals surface area contributed by atoms with Crippen LogP contribution < -0.4 is 10.2 Å². The maximum absolute atomic E-state index is 13.4. The van der Waals surface area contributed by atoms with Crippen molar-refractivity contribution in [2.75, 3.05) is 18.0 Å². The topological polar surface area (TPSA) is 28.2 Å². The molecular formula is C16H22FN3. The predicted octanol–water partition coefficient (Wildman–Crippen LogP) is 2.57. The molecule has 1 heterocycles. The van der Waals surface area contributed by atoms with Gasteiger partial charge in [-0.05, 0) is 24.8 Å². The van der Waals surface area contributed by atoms with Crippen LogP contribution >= 0.6 is 0 Å². The number of anilines is 1. The summed E-state index contributed by atoms with van der Waals surface area (Å²) < 4.78 is 13.4. The lowest BCUT2D eigenvalue weighted by atomic mass is 10.2. The van der Waals surface area contributed by atoms with Gasteiger partial charge >= 0.3 is 0 Å². The summed E-state index contributed by atoms with van der Waals surface area (Å²) >= 11 is 0. The number of aromatic nitrogens is 1. The molecule has 1 aliphatic carbocycles. The van der Waals surface area contributed by atoms with E-state index in [-0.39, 0.29) is 5.82 Å². The van der Waals surface area contributed by atoms with Crippen molar-refractivity contribution in [1.82, 2.24) is 10.3 Å². The molecule has 2 rings (SSSR count). The molecule has 0 amide bonds. The Morgan fingerprint density at radius 1 is 1.55 bits per heavy atom. The quantitative estimate of drug-likeness (QED) is 0.775. The van der Waals surface area contributed by atoms with Gasteiger partial charge in [0.05, 0.1) is 12.7 Å². The number of rotatable bonds is 7. The zero-order chi connectivity index (χ0) is 14.5. The first-order valence-corrected chi connectivity index (χ1v) is 7.16. The third-order valence-corrected chi connectivity index (χ3v) is 3.37. The summed E-state index contributed by atoms with van der Waals surface area (Å²) in [5, 5.41) is 3.31. The summed E-state index contributed by atoms with van der Waals surface area (Å²) in [5.74, 6) is 3.89. The monoisotopic (exact) mass is 275 g/mol. The van der Waals surface area contributed by atoms with E-state index in [4.69, 9.17) is 6.42 Å². The fraction of sp³-hybridized carbons (Fsp3) is 0.562. The van der Waals surface area contributed by atoms with Crippen LogP contribution in [0.2, 0.25) is 0 Å². The molecule has 4 heteroatoms. The molecule has 1 N–H and O–H groups in total. The molecule has 108 valence electrons. The standard InChI is InChI=1S/C16H22FN3/c1-4-7-20(11-13-5-6-13)16-14(9-18-12(2)3)8-15(17)10-19-16/h1,8,10,12-13,18H,5-7,9,11H2,2-3H3. The number of nitrogens with zero attached hydrogens (tertiary/aromatic N) is 2. The summed E-state index contributed by atoms with van der Waals surface area (Å²) in [7, 11) is 0. The Morgan fingerprint density at radius 3 is 2.90 bits per heavy atom. The Hall–Kier alpha value is -1.60. The zero-order valence-electron chi connectivity index (χ0n) is 12.2. The van der Waals surface area contributed by atoms with Crippen LogP contribution in [-0.2, 0) is 6.54 Å². The second kappa shape index (κ2) is 6.71. The number of halogens is 1. The predicted molar refractivity (Wildman–Crippen MR) is 79.9 cm³/mol. The van der Waals surface area contributed by atoms with Gasteiger partial charge in [-0.25, -0.2) is 9.37 Å². The van der Waals surface area contributed by atoms with Crippen LogP contribution in [0.4, 0.5) is 10.2 Å². The van der Waals surface area contributed by atoms with E-state index >= 15 is 0 Å². The normalized spacial score (nSPS) is 14.3. The largest absolute Gasteiger partial charge is 0.345 e. The van der Waals surface area contributed by atoms with Gasteiger partial charge in [0.1, 0.15) is 11.6 Å². The number of nitrogens with one attached hydrogen (secondary N) is 1. The van der Waals surface area contributed by atoms with E-state index in [1.165, 1.54) is 19.0 Å². The van der Waals surface area contributed by atoms with Gasteiger partial charge in [-0.1, -0.05) is 19.8 Å². The minimum Gasteiger partial charge on any atom is -0.345 e. The molecule has 0 bridgehead atoms. The first kappa shape index (κ1) is 14.8. The third kappa shape index (κ3) is 4.21. The molecule has 0 saturated heterocycles. The highest BCUT2D eigenvalue weighted by molar-refractivity contribution is 5.48. The third-order valence-electron chi connectivity index (χ3n) is 3.37. The van der Waals surface area contributed by atoms with E-state index in [0.29, 0.717) is 25.0 Å². The molecule has 20 heavy (non-hydrogen) atoms. The van der Waals surface area contributed by atoms with Gasteiger partial charge < -0.3 is 10.2 Å². The van der Waals surface area contributed by atoms with E-state index in [2.05, 4.69) is 35.0 Å². The lowest BCUT2D eigenvalue weighted by Crippen LogP contribution is -2.30. The average Bonchev–Trinajstić information content (AvgIpc) is 3.20. The molecule has 1 aliphatic rings. The molecule has 0 radical (unpaired) electrons. The van der Waals surface area contributed by atoms with E-state index in [9.17, 15) is 4.39 Å². The van der Waals surface area contributed by atoms with Gasteiger partial charge in [0, 0.05) is 24.7 Å². The highest BCUT2D eigenvalue weighted by Gasteiger charge is 2.25. The summed E-state index contributed by atoms with van der Waals surface area (Å²) in [5.41, 5.74) is 0.870. The lowest BCUT2D eigenvalue weighted by Gasteiger charge is -2.24. The number of hydrogen-bond acceptors (Lipinski definition) is 3. The molecule has 0 aromatic carbocycles. The van der Waals surface area contributed by atoms with Gasteiger partial charge in [-0.15, -0.1) is 6.42 Å². The Labute approximate surface area is 120 Å². The van der Waals surface area contributed by atoms with E-state index < -0.39 is 0 Å². The Bertz CT molecular complexity index is 489. The van der Waals surface area contributed by atoms with Crippen molar-refractivity contribution < 1.29 is 4.39 Å². The lowest BCUT2D eigenvalue weighted by molar-refractivity contribution is 0.576. The number of terminal acetylenes is 1. The van der Waals surface area contributed by atoms with Crippen molar-refractivity contribution in [2.45, 2.75) is 39.3 Å². The number of hydrogen-bond donors (Lipinski definition) is 1. The SMILES string of the molecule is C#CCN(CC1CC1)c1ncc(F)cc1CNC(C)C. The summed E-state index contributed by atoms with van der Waals surface area (Å²) in [6.07, 6.45) is 9.23. The van der Waals surface area contributed by atoms with Crippen LogP contribution in [0.3, 0.4) is 0 Å². The maximum Gasteiger partial charge on any atom is 0.141 e. The van der Waals surface area contributed by atoms with Crippen LogP contribution in [0.5, 0.6) is 0 Å². The van der Waals surface area contributed by atoms with Crippen molar-refractivity contribution in [2.24, 2.45) is 5.92 Å². The Kier molecular flexibility index (Phi) is 4.97. The molecule has 0 spiro atoms. The number of pyridine rings is 1. The smallest absolute Gasteiger partial charge is 0.141 e. The van der Waals surface area contributed by atoms with Crippen LogP contribution in [0.15, 0.2) is 12.3 Å². The van der Waals surface area contributed by atoms with Crippen molar-refractivity contribution in [3.63, 3.8) is 0 Å². The molecule has 1 aromatic heterocycles. The summed E-state index contributed by atoms with van der Waals surface area (Å²) in [6.45, 7) is 6.16. The van der Waals surface area contributed by atoms with Gasteiger partial charge in [-0.2, -0.15) is 0 Å². The van der Waals surface area contributed by atoms with E-state index in [0.717, 1.165) is 17.9 Å². The van der Waals surface area contributed by atoms with Crippen molar-refractivity contribution >= 4 is 5.82 Å². The second-order valence-corrected chi connectivity index (χ2v) is 5.70. The molecule has 0 unspecified atom stereocenters. The first-order chi connectivity index (χ1) is 9.60. The molecular weight excluding hydrogens is 253 g/mol. The molecule has 3 nitrogen and oxygen atoms in total. The van der Waals surface area contributed by atoms with Crippen molar-refractivity contribution in [3.8, 4) is 12.3 Å². The van der Waals surface area contributed by atoms with Crippen LogP contribution in [0.1, 0.15) is 32.3 Å². The fourth-order valence-electron chi connectivity index (χ4n) is 2.15. The Morgan fingerprint density at radius 2 is 2.30 bits per heavy atom. The van der Waals surface area contributed by atoms with E-state index in [1.807, 2.05) is 0 Å². The second-order valence-electron chi connectivity index (χ2n) is 5.70. The van der Waals surface area contributed by atoms with Gasteiger partial charge in [0.25, 0.3) is 0 Å². The fourth-order valence-corrected chi connectivity index (χ4v) is 2.15. The molecule has 0 atom stereocenters. The average molecular weight is 275 g/mol. The van der Waals surface area contributed by atoms with Gasteiger partial charge in [0.15, 0.2) is 0 Å². The highest BCUT2D eigenvalue weighted by Crippen LogP contribution is 2.31. The molecule has 1 saturated carbocycles.